The van der Waals surface area contributed by atoms with Crippen molar-refractivity contribution in [3.05, 3.63) is 34.9 Å². The zero-order valence-electron chi connectivity index (χ0n) is 14.6. The highest BCUT2D eigenvalue weighted by molar-refractivity contribution is 5.88. The quantitative estimate of drug-likeness (QED) is 0.850. The van der Waals surface area contributed by atoms with E-state index in [1.54, 1.807) is 19.3 Å². The molecule has 130 valence electrons. The molecule has 1 atom stereocenters. The number of aromatic amines is 1. The van der Waals surface area contributed by atoms with Crippen LogP contribution in [0.2, 0.25) is 0 Å². The average molecular weight is 331 g/mol. The number of esters is 1. The van der Waals surface area contributed by atoms with Gasteiger partial charge in [-0.3, -0.25) is 14.7 Å². The fraction of sp³-hybridized carbons (Fsp3) is 0.588. The molecule has 0 radical (unpaired) electrons. The summed E-state index contributed by atoms with van der Waals surface area (Å²) in [5.74, 6) is -0.305. The number of nitrogens with one attached hydrogen (secondary N) is 1. The standard InChI is InChI=1S/C17H25N5O2/c1-4-24-17(23)14-8-18-22(9-14)15-6-5-7-21(10-15)11-16-12(2)19-20-13(16)3/h8-9,15H,4-7,10-11H2,1-3H3,(H,19,20). The highest BCUT2D eigenvalue weighted by Gasteiger charge is 2.24. The number of likely N-dealkylation sites (tertiary alicyclic amines) is 1. The van der Waals surface area contributed by atoms with E-state index < -0.39 is 0 Å². The molecule has 3 rings (SSSR count). The molecule has 0 amide bonds. The van der Waals surface area contributed by atoms with Crippen LogP contribution < -0.4 is 0 Å². The van der Waals surface area contributed by atoms with E-state index in [-0.39, 0.29) is 12.0 Å². The summed E-state index contributed by atoms with van der Waals surface area (Å²) in [6.07, 6.45) is 5.60. The van der Waals surface area contributed by atoms with Crippen molar-refractivity contribution < 1.29 is 9.53 Å². The Labute approximate surface area is 142 Å². The Hall–Kier alpha value is -2.15. The minimum atomic E-state index is -0.305. The number of ether oxygens (including phenoxy) is 1. The van der Waals surface area contributed by atoms with E-state index in [1.807, 2.05) is 11.6 Å². The maximum absolute atomic E-state index is 11.8. The van der Waals surface area contributed by atoms with Crippen LogP contribution in [0.4, 0.5) is 0 Å². The topological polar surface area (TPSA) is 76.0 Å². The lowest BCUT2D eigenvalue weighted by molar-refractivity contribution is 0.0526. The number of carbonyl (C=O) groups is 1. The highest BCUT2D eigenvalue weighted by atomic mass is 16.5. The van der Waals surface area contributed by atoms with Crippen molar-refractivity contribution in [1.29, 1.82) is 0 Å². The van der Waals surface area contributed by atoms with Crippen molar-refractivity contribution in [2.24, 2.45) is 0 Å². The minimum absolute atomic E-state index is 0.287. The SMILES string of the molecule is CCOC(=O)c1cnn(C2CCCN(Cc3c(C)n[nH]c3C)C2)c1. The first-order valence-electron chi connectivity index (χ1n) is 8.52. The molecular formula is C17H25N5O2. The Kier molecular flexibility index (Phi) is 4.99. The van der Waals surface area contributed by atoms with E-state index in [0.29, 0.717) is 12.2 Å². The van der Waals surface area contributed by atoms with Gasteiger partial charge in [-0.2, -0.15) is 10.2 Å². The van der Waals surface area contributed by atoms with Gasteiger partial charge in [0.25, 0.3) is 0 Å². The largest absolute Gasteiger partial charge is 0.462 e. The number of H-pyrrole nitrogens is 1. The van der Waals surface area contributed by atoms with Gasteiger partial charge in [0, 0.05) is 30.5 Å². The van der Waals surface area contributed by atoms with Gasteiger partial charge in [0.05, 0.1) is 30.1 Å². The smallest absolute Gasteiger partial charge is 0.341 e. The minimum Gasteiger partial charge on any atom is -0.462 e. The molecule has 0 aliphatic carbocycles. The predicted octanol–water partition coefficient (Wildman–Crippen LogP) is 2.24. The molecule has 0 aromatic carbocycles. The van der Waals surface area contributed by atoms with Crippen LogP contribution in [0.1, 0.15) is 53.1 Å². The predicted molar refractivity (Wildman–Crippen MR) is 89.8 cm³/mol. The number of nitrogens with zero attached hydrogens (tertiary/aromatic N) is 4. The molecule has 0 bridgehead atoms. The first-order chi connectivity index (χ1) is 11.6. The summed E-state index contributed by atoms with van der Waals surface area (Å²) < 4.78 is 6.94. The summed E-state index contributed by atoms with van der Waals surface area (Å²) >= 11 is 0. The summed E-state index contributed by atoms with van der Waals surface area (Å²) in [5.41, 5.74) is 4.01. The molecule has 7 heteroatoms. The molecule has 1 N–H and O–H groups in total. The van der Waals surface area contributed by atoms with E-state index in [0.717, 1.165) is 43.9 Å². The molecule has 1 fully saturated rings. The Morgan fingerprint density at radius 2 is 2.29 bits per heavy atom. The lowest BCUT2D eigenvalue weighted by Gasteiger charge is -2.32. The number of rotatable bonds is 5. The van der Waals surface area contributed by atoms with E-state index in [2.05, 4.69) is 27.1 Å². The van der Waals surface area contributed by atoms with Gasteiger partial charge in [-0.05, 0) is 40.2 Å². The van der Waals surface area contributed by atoms with E-state index in [9.17, 15) is 4.79 Å². The van der Waals surface area contributed by atoms with Crippen molar-refractivity contribution in [3.63, 3.8) is 0 Å². The number of piperidine rings is 1. The third-order valence-electron chi connectivity index (χ3n) is 4.63. The van der Waals surface area contributed by atoms with Crippen molar-refractivity contribution >= 4 is 5.97 Å². The van der Waals surface area contributed by atoms with Crippen LogP contribution in [0.3, 0.4) is 0 Å². The van der Waals surface area contributed by atoms with Gasteiger partial charge >= 0.3 is 5.97 Å². The second-order valence-corrected chi connectivity index (χ2v) is 6.37. The summed E-state index contributed by atoms with van der Waals surface area (Å²) in [4.78, 5) is 14.2. The van der Waals surface area contributed by atoms with Crippen molar-refractivity contribution in [1.82, 2.24) is 24.9 Å². The Morgan fingerprint density at radius 3 is 3.00 bits per heavy atom. The number of hydrogen-bond donors (Lipinski definition) is 1. The van der Waals surface area contributed by atoms with Gasteiger partial charge in [0.2, 0.25) is 0 Å². The molecular weight excluding hydrogens is 306 g/mol. The van der Waals surface area contributed by atoms with Gasteiger partial charge in [-0.15, -0.1) is 0 Å². The van der Waals surface area contributed by atoms with Gasteiger partial charge in [0.1, 0.15) is 0 Å². The molecule has 2 aromatic rings. The molecule has 1 saturated heterocycles. The normalized spacial score (nSPS) is 18.7. The van der Waals surface area contributed by atoms with E-state index in [4.69, 9.17) is 4.74 Å². The van der Waals surface area contributed by atoms with Crippen molar-refractivity contribution in [2.45, 2.75) is 46.2 Å². The molecule has 1 aliphatic heterocycles. The van der Waals surface area contributed by atoms with Crippen LogP contribution in [-0.4, -0.2) is 50.5 Å². The highest BCUT2D eigenvalue weighted by Crippen LogP contribution is 2.24. The monoisotopic (exact) mass is 331 g/mol. The zero-order chi connectivity index (χ0) is 17.1. The van der Waals surface area contributed by atoms with Gasteiger partial charge in [-0.25, -0.2) is 4.79 Å². The van der Waals surface area contributed by atoms with Gasteiger partial charge < -0.3 is 4.74 Å². The molecule has 0 saturated carbocycles. The third kappa shape index (κ3) is 3.51. The van der Waals surface area contributed by atoms with Crippen molar-refractivity contribution in [2.75, 3.05) is 19.7 Å². The Morgan fingerprint density at radius 1 is 1.46 bits per heavy atom. The van der Waals surface area contributed by atoms with E-state index >= 15 is 0 Å². The molecule has 1 unspecified atom stereocenters. The second-order valence-electron chi connectivity index (χ2n) is 6.37. The summed E-state index contributed by atoms with van der Waals surface area (Å²) in [5, 5.41) is 11.7. The molecule has 7 nitrogen and oxygen atoms in total. The van der Waals surface area contributed by atoms with Crippen molar-refractivity contribution in [3.8, 4) is 0 Å². The Bertz CT molecular complexity index is 686. The first-order valence-corrected chi connectivity index (χ1v) is 8.52. The maximum Gasteiger partial charge on any atom is 0.341 e. The summed E-state index contributed by atoms with van der Waals surface area (Å²) in [6.45, 7) is 9.19. The van der Waals surface area contributed by atoms with Crippen LogP contribution in [0.5, 0.6) is 0 Å². The van der Waals surface area contributed by atoms with Crippen LogP contribution in [0.15, 0.2) is 12.4 Å². The average Bonchev–Trinajstić information content (AvgIpc) is 3.18. The van der Waals surface area contributed by atoms with E-state index in [1.165, 1.54) is 5.56 Å². The van der Waals surface area contributed by atoms with Crippen LogP contribution in [0, 0.1) is 13.8 Å². The molecule has 3 heterocycles. The number of carbonyl (C=O) groups excluding carboxylic acids is 1. The fourth-order valence-corrected chi connectivity index (χ4v) is 3.28. The zero-order valence-corrected chi connectivity index (χ0v) is 14.6. The molecule has 1 aliphatic rings. The Balaban J connectivity index is 1.66. The first kappa shape index (κ1) is 16.7. The number of aromatic nitrogens is 4. The van der Waals surface area contributed by atoms with Crippen LogP contribution >= 0.6 is 0 Å². The second kappa shape index (κ2) is 7.17. The number of aryl methyl sites for hydroxylation is 2. The summed E-state index contributed by atoms with van der Waals surface area (Å²) in [6, 6.07) is 0.287. The number of hydrogen-bond acceptors (Lipinski definition) is 5. The lowest BCUT2D eigenvalue weighted by atomic mass is 10.0. The lowest BCUT2D eigenvalue weighted by Crippen LogP contribution is -2.36. The maximum atomic E-state index is 11.8. The fourth-order valence-electron chi connectivity index (χ4n) is 3.28. The van der Waals surface area contributed by atoms with Gasteiger partial charge in [-0.1, -0.05) is 0 Å². The van der Waals surface area contributed by atoms with Crippen LogP contribution in [0.25, 0.3) is 0 Å². The van der Waals surface area contributed by atoms with Gasteiger partial charge in [0.15, 0.2) is 0 Å². The third-order valence-corrected chi connectivity index (χ3v) is 4.63. The molecule has 0 spiro atoms. The molecule has 24 heavy (non-hydrogen) atoms. The van der Waals surface area contributed by atoms with Crippen LogP contribution in [-0.2, 0) is 11.3 Å². The summed E-state index contributed by atoms with van der Waals surface area (Å²) in [7, 11) is 0. The molecule has 2 aromatic heterocycles.